The molecule has 25 heavy (non-hydrogen) atoms. The third-order valence-corrected chi connectivity index (χ3v) is 4.91. The van der Waals surface area contributed by atoms with E-state index in [1.807, 2.05) is 36.0 Å². The highest BCUT2D eigenvalue weighted by molar-refractivity contribution is 5.99. The van der Waals surface area contributed by atoms with E-state index >= 15 is 0 Å². The first kappa shape index (κ1) is 17.5. The summed E-state index contributed by atoms with van der Waals surface area (Å²) in [6, 6.07) is 10.4. The summed E-state index contributed by atoms with van der Waals surface area (Å²) in [7, 11) is 3.85. The number of hydrogen-bond donors (Lipinski definition) is 0. The van der Waals surface area contributed by atoms with E-state index in [0.29, 0.717) is 11.5 Å². The van der Waals surface area contributed by atoms with E-state index in [0.717, 1.165) is 18.8 Å². The standard InChI is InChI=1S/C21H27N3O/c1-14(2)19-17-9-8-15(3)13-16(17)10-12-24(19)21(25)18-7-6-11-22-20(18)23(4)5/h6-9,11,13-14,19H,10,12H2,1-5H3. The van der Waals surface area contributed by atoms with E-state index in [4.69, 9.17) is 0 Å². The number of hydrogen-bond acceptors (Lipinski definition) is 3. The zero-order valence-corrected chi connectivity index (χ0v) is 15.8. The maximum atomic E-state index is 13.4. The van der Waals surface area contributed by atoms with Crippen molar-refractivity contribution < 1.29 is 4.79 Å². The normalized spacial score (nSPS) is 16.7. The number of amides is 1. The third-order valence-electron chi connectivity index (χ3n) is 4.91. The molecule has 2 heterocycles. The Morgan fingerprint density at radius 2 is 2.04 bits per heavy atom. The average Bonchev–Trinajstić information content (AvgIpc) is 2.59. The molecule has 4 nitrogen and oxygen atoms in total. The van der Waals surface area contributed by atoms with Crippen molar-refractivity contribution >= 4 is 11.7 Å². The molecule has 1 amide bonds. The molecule has 1 aromatic heterocycles. The molecule has 0 fully saturated rings. The molecule has 4 heteroatoms. The Labute approximate surface area is 150 Å². The van der Waals surface area contributed by atoms with Gasteiger partial charge in [-0.15, -0.1) is 0 Å². The summed E-state index contributed by atoms with van der Waals surface area (Å²) in [5, 5.41) is 0. The summed E-state index contributed by atoms with van der Waals surface area (Å²) >= 11 is 0. The first-order valence-electron chi connectivity index (χ1n) is 8.93. The van der Waals surface area contributed by atoms with Crippen molar-refractivity contribution in [2.24, 2.45) is 5.92 Å². The van der Waals surface area contributed by atoms with Gasteiger partial charge in [0.15, 0.2) is 0 Å². The number of rotatable bonds is 3. The van der Waals surface area contributed by atoms with Crippen LogP contribution in [0.3, 0.4) is 0 Å². The second-order valence-corrected chi connectivity index (χ2v) is 7.41. The van der Waals surface area contributed by atoms with Crippen LogP contribution in [0.15, 0.2) is 36.5 Å². The minimum Gasteiger partial charge on any atom is -0.362 e. The number of anilines is 1. The fraction of sp³-hybridized carbons (Fsp3) is 0.429. The van der Waals surface area contributed by atoms with Crippen LogP contribution in [-0.2, 0) is 6.42 Å². The topological polar surface area (TPSA) is 36.4 Å². The second-order valence-electron chi connectivity index (χ2n) is 7.41. The van der Waals surface area contributed by atoms with Crippen molar-refractivity contribution in [1.29, 1.82) is 0 Å². The number of aromatic nitrogens is 1. The number of carbonyl (C=O) groups is 1. The summed E-state index contributed by atoms with van der Waals surface area (Å²) in [4.78, 5) is 21.7. The highest BCUT2D eigenvalue weighted by Crippen LogP contribution is 2.37. The van der Waals surface area contributed by atoms with Gasteiger partial charge in [-0.1, -0.05) is 37.6 Å². The smallest absolute Gasteiger partial charge is 0.258 e. The monoisotopic (exact) mass is 337 g/mol. The Hall–Kier alpha value is -2.36. The lowest BCUT2D eigenvalue weighted by Crippen LogP contribution is -2.42. The van der Waals surface area contributed by atoms with E-state index in [1.165, 1.54) is 16.7 Å². The summed E-state index contributed by atoms with van der Waals surface area (Å²) in [5.41, 5.74) is 4.62. The number of carbonyl (C=O) groups excluding carboxylic acids is 1. The summed E-state index contributed by atoms with van der Waals surface area (Å²) < 4.78 is 0. The molecule has 1 aromatic carbocycles. The van der Waals surface area contributed by atoms with Gasteiger partial charge in [0, 0.05) is 26.8 Å². The number of pyridine rings is 1. The van der Waals surface area contributed by atoms with Gasteiger partial charge in [0.05, 0.1) is 11.6 Å². The van der Waals surface area contributed by atoms with Crippen molar-refractivity contribution in [3.63, 3.8) is 0 Å². The lowest BCUT2D eigenvalue weighted by molar-refractivity contribution is 0.0604. The fourth-order valence-electron chi connectivity index (χ4n) is 3.81. The van der Waals surface area contributed by atoms with Crippen LogP contribution in [0.5, 0.6) is 0 Å². The Kier molecular flexibility index (Phi) is 4.80. The van der Waals surface area contributed by atoms with E-state index < -0.39 is 0 Å². The molecule has 0 bridgehead atoms. The predicted octanol–water partition coefficient (Wildman–Crippen LogP) is 3.85. The quantitative estimate of drug-likeness (QED) is 0.853. The van der Waals surface area contributed by atoms with E-state index in [1.54, 1.807) is 6.20 Å². The minimum absolute atomic E-state index is 0.0710. The lowest BCUT2D eigenvalue weighted by Gasteiger charge is -2.40. The predicted molar refractivity (Wildman–Crippen MR) is 102 cm³/mol. The van der Waals surface area contributed by atoms with Gasteiger partial charge in [-0.3, -0.25) is 4.79 Å². The molecule has 1 aliphatic heterocycles. The molecule has 1 atom stereocenters. The molecule has 3 rings (SSSR count). The molecule has 0 saturated carbocycles. The zero-order valence-electron chi connectivity index (χ0n) is 15.8. The molecule has 1 aliphatic rings. The van der Waals surface area contributed by atoms with Gasteiger partial charge in [-0.25, -0.2) is 4.98 Å². The summed E-state index contributed by atoms with van der Waals surface area (Å²) in [5.74, 6) is 1.15. The van der Waals surface area contributed by atoms with Crippen LogP contribution >= 0.6 is 0 Å². The molecular weight excluding hydrogens is 310 g/mol. The molecular formula is C21H27N3O. The van der Waals surface area contributed by atoms with Gasteiger partial charge in [0.2, 0.25) is 0 Å². The number of nitrogens with zero attached hydrogens (tertiary/aromatic N) is 3. The van der Waals surface area contributed by atoms with Crippen LogP contribution in [0.2, 0.25) is 0 Å². The van der Waals surface area contributed by atoms with Gasteiger partial charge in [0.25, 0.3) is 5.91 Å². The van der Waals surface area contributed by atoms with E-state index in [-0.39, 0.29) is 11.9 Å². The first-order chi connectivity index (χ1) is 11.9. The van der Waals surface area contributed by atoms with Crippen molar-refractivity contribution in [3.8, 4) is 0 Å². The first-order valence-corrected chi connectivity index (χ1v) is 8.93. The number of benzene rings is 1. The van der Waals surface area contributed by atoms with Crippen molar-refractivity contribution in [2.75, 3.05) is 25.5 Å². The molecule has 0 N–H and O–H groups in total. The van der Waals surface area contributed by atoms with E-state index in [2.05, 4.69) is 44.0 Å². The Morgan fingerprint density at radius 3 is 2.72 bits per heavy atom. The lowest BCUT2D eigenvalue weighted by atomic mass is 9.85. The Bertz CT molecular complexity index is 782. The molecule has 0 saturated heterocycles. The molecule has 0 aliphatic carbocycles. The average molecular weight is 337 g/mol. The molecule has 0 radical (unpaired) electrons. The largest absolute Gasteiger partial charge is 0.362 e. The van der Waals surface area contributed by atoms with Gasteiger partial charge in [-0.05, 0) is 42.5 Å². The number of fused-ring (bicyclic) bond motifs is 1. The van der Waals surface area contributed by atoms with Crippen molar-refractivity contribution in [3.05, 3.63) is 58.8 Å². The van der Waals surface area contributed by atoms with Crippen molar-refractivity contribution in [1.82, 2.24) is 9.88 Å². The maximum absolute atomic E-state index is 13.4. The van der Waals surface area contributed by atoms with Gasteiger partial charge in [-0.2, -0.15) is 0 Å². The number of aryl methyl sites for hydroxylation is 1. The van der Waals surface area contributed by atoms with Crippen LogP contribution in [0.25, 0.3) is 0 Å². The van der Waals surface area contributed by atoms with Gasteiger partial charge < -0.3 is 9.80 Å². The summed E-state index contributed by atoms with van der Waals surface area (Å²) in [6.07, 6.45) is 2.64. The van der Waals surface area contributed by atoms with Gasteiger partial charge >= 0.3 is 0 Å². The van der Waals surface area contributed by atoms with Gasteiger partial charge in [0.1, 0.15) is 5.82 Å². The van der Waals surface area contributed by atoms with E-state index in [9.17, 15) is 4.79 Å². The highest BCUT2D eigenvalue weighted by atomic mass is 16.2. The zero-order chi connectivity index (χ0) is 18.1. The van der Waals surface area contributed by atoms with Crippen LogP contribution in [0.1, 0.15) is 46.9 Å². The third kappa shape index (κ3) is 3.26. The molecule has 0 spiro atoms. The molecule has 132 valence electrons. The van der Waals surface area contributed by atoms with Crippen LogP contribution in [-0.4, -0.2) is 36.4 Å². The SMILES string of the molecule is Cc1ccc2c(c1)CCN(C(=O)c1cccnc1N(C)C)C2C(C)C. The van der Waals surface area contributed by atoms with Crippen LogP contribution in [0.4, 0.5) is 5.82 Å². The maximum Gasteiger partial charge on any atom is 0.258 e. The minimum atomic E-state index is 0.0710. The van der Waals surface area contributed by atoms with Crippen LogP contribution < -0.4 is 4.90 Å². The molecule has 1 unspecified atom stereocenters. The molecule has 2 aromatic rings. The second kappa shape index (κ2) is 6.87. The summed E-state index contributed by atoms with van der Waals surface area (Å²) in [6.45, 7) is 7.26. The highest BCUT2D eigenvalue weighted by Gasteiger charge is 2.34. The fourth-order valence-corrected chi connectivity index (χ4v) is 3.81. The van der Waals surface area contributed by atoms with Crippen LogP contribution in [0, 0.1) is 12.8 Å². The Balaban J connectivity index is 2.02. The Morgan fingerprint density at radius 1 is 1.28 bits per heavy atom. The van der Waals surface area contributed by atoms with Crippen molar-refractivity contribution in [2.45, 2.75) is 33.2 Å².